The van der Waals surface area contributed by atoms with Gasteiger partial charge in [-0.15, -0.1) is 0 Å². The predicted molar refractivity (Wildman–Crippen MR) is 74.5 cm³/mol. The molecule has 0 amide bonds. The maximum Gasteiger partial charge on any atom is 0.0635 e. The first kappa shape index (κ1) is 14.0. The van der Waals surface area contributed by atoms with Crippen molar-refractivity contribution < 1.29 is 5.11 Å². The number of hydrogen-bond acceptors (Lipinski definition) is 2. The van der Waals surface area contributed by atoms with E-state index >= 15 is 0 Å². The molecule has 2 unspecified atom stereocenters. The minimum Gasteiger partial charge on any atom is -0.394 e. The molecule has 0 heterocycles. The molecule has 0 bridgehead atoms. The fourth-order valence-corrected chi connectivity index (χ4v) is 1.78. The Bertz CT molecular complexity index is 318. The van der Waals surface area contributed by atoms with Gasteiger partial charge in [0.05, 0.1) is 12.6 Å². The van der Waals surface area contributed by atoms with Gasteiger partial charge in [-0.2, -0.15) is 0 Å². The number of anilines is 1. The van der Waals surface area contributed by atoms with Crippen LogP contribution in [0.3, 0.4) is 0 Å². The summed E-state index contributed by atoms with van der Waals surface area (Å²) >= 11 is 0. The molecule has 0 saturated carbocycles. The van der Waals surface area contributed by atoms with Gasteiger partial charge in [-0.25, -0.2) is 0 Å². The molecule has 0 aliphatic carbocycles. The summed E-state index contributed by atoms with van der Waals surface area (Å²) < 4.78 is 0. The van der Waals surface area contributed by atoms with Crippen LogP contribution >= 0.6 is 0 Å². The van der Waals surface area contributed by atoms with Crippen LogP contribution in [-0.2, 0) is 0 Å². The summed E-state index contributed by atoms with van der Waals surface area (Å²) in [5.74, 6) is 1.04. The van der Waals surface area contributed by atoms with Crippen LogP contribution in [0.2, 0.25) is 0 Å². The highest BCUT2D eigenvalue weighted by molar-refractivity contribution is 5.46. The van der Waals surface area contributed by atoms with E-state index in [9.17, 15) is 5.11 Å². The average molecular weight is 235 g/mol. The van der Waals surface area contributed by atoms with Crippen LogP contribution in [-0.4, -0.2) is 17.8 Å². The smallest absolute Gasteiger partial charge is 0.0635 e. The van der Waals surface area contributed by atoms with Crippen LogP contribution in [0.4, 0.5) is 5.69 Å². The van der Waals surface area contributed by atoms with Gasteiger partial charge in [-0.05, 0) is 36.0 Å². The summed E-state index contributed by atoms with van der Waals surface area (Å²) in [5, 5.41) is 12.6. The average Bonchev–Trinajstić information content (AvgIpc) is 2.35. The maximum atomic E-state index is 9.28. The molecule has 2 N–H and O–H groups in total. The lowest BCUT2D eigenvalue weighted by Crippen LogP contribution is -2.29. The number of hydrogen-bond donors (Lipinski definition) is 2. The van der Waals surface area contributed by atoms with Crippen LogP contribution in [0.25, 0.3) is 0 Å². The van der Waals surface area contributed by atoms with E-state index in [0.29, 0.717) is 11.8 Å². The van der Waals surface area contributed by atoms with Crippen LogP contribution in [0.1, 0.15) is 45.6 Å². The van der Waals surface area contributed by atoms with Gasteiger partial charge >= 0.3 is 0 Å². The van der Waals surface area contributed by atoms with E-state index in [1.807, 2.05) is 0 Å². The van der Waals surface area contributed by atoms with Crippen LogP contribution in [0.15, 0.2) is 24.3 Å². The largest absolute Gasteiger partial charge is 0.394 e. The first-order valence-electron chi connectivity index (χ1n) is 6.55. The van der Waals surface area contributed by atoms with Gasteiger partial charge in [0.2, 0.25) is 0 Å². The second kappa shape index (κ2) is 6.65. The van der Waals surface area contributed by atoms with E-state index in [4.69, 9.17) is 0 Å². The maximum absolute atomic E-state index is 9.28. The fourth-order valence-electron chi connectivity index (χ4n) is 1.78. The zero-order chi connectivity index (χ0) is 12.8. The summed E-state index contributed by atoms with van der Waals surface area (Å²) in [5.41, 5.74) is 2.47. The zero-order valence-electron chi connectivity index (χ0n) is 11.4. The summed E-state index contributed by atoms with van der Waals surface area (Å²) in [6.45, 7) is 8.85. The van der Waals surface area contributed by atoms with E-state index < -0.39 is 0 Å². The Morgan fingerprint density at radius 1 is 1.12 bits per heavy atom. The van der Waals surface area contributed by atoms with Gasteiger partial charge in [0.15, 0.2) is 0 Å². The van der Waals surface area contributed by atoms with Crippen molar-refractivity contribution in [1.82, 2.24) is 0 Å². The van der Waals surface area contributed by atoms with Gasteiger partial charge in [0.25, 0.3) is 0 Å². The number of nitrogens with one attached hydrogen (secondary N) is 1. The van der Waals surface area contributed by atoms with Crippen molar-refractivity contribution in [3.8, 4) is 0 Å². The molecule has 0 saturated heterocycles. The van der Waals surface area contributed by atoms with E-state index in [2.05, 4.69) is 57.3 Å². The molecule has 1 aromatic carbocycles. The van der Waals surface area contributed by atoms with Gasteiger partial charge in [0, 0.05) is 5.69 Å². The fraction of sp³-hybridized carbons (Fsp3) is 0.600. The Morgan fingerprint density at radius 3 is 2.12 bits per heavy atom. The monoisotopic (exact) mass is 235 g/mol. The molecule has 2 nitrogen and oxygen atoms in total. The molecule has 1 rings (SSSR count). The topological polar surface area (TPSA) is 32.3 Å². The third-order valence-corrected chi connectivity index (χ3v) is 3.45. The summed E-state index contributed by atoms with van der Waals surface area (Å²) in [7, 11) is 0. The van der Waals surface area contributed by atoms with Gasteiger partial charge in [0.1, 0.15) is 0 Å². The van der Waals surface area contributed by atoms with Gasteiger partial charge < -0.3 is 10.4 Å². The SMILES string of the molecule is CCC(C)c1ccc(NC(CO)C(C)C)cc1. The molecule has 0 fully saturated rings. The molecule has 0 aromatic heterocycles. The van der Waals surface area contributed by atoms with Crippen molar-refractivity contribution in [3.63, 3.8) is 0 Å². The molecular formula is C15H25NO. The summed E-state index contributed by atoms with van der Waals surface area (Å²) in [6.07, 6.45) is 1.16. The Hall–Kier alpha value is -1.02. The lowest BCUT2D eigenvalue weighted by atomic mass is 9.98. The van der Waals surface area contributed by atoms with Crippen LogP contribution in [0.5, 0.6) is 0 Å². The molecule has 0 aliphatic heterocycles. The van der Waals surface area contributed by atoms with Gasteiger partial charge in [-0.1, -0.05) is 39.8 Å². The van der Waals surface area contributed by atoms with E-state index in [0.717, 1.165) is 12.1 Å². The Balaban J connectivity index is 2.67. The van der Waals surface area contributed by atoms with E-state index in [1.54, 1.807) is 0 Å². The lowest BCUT2D eigenvalue weighted by Gasteiger charge is -2.21. The normalized spacial score (nSPS) is 14.7. The molecule has 0 aliphatic rings. The molecule has 0 radical (unpaired) electrons. The third-order valence-electron chi connectivity index (χ3n) is 3.45. The second-order valence-electron chi connectivity index (χ2n) is 5.11. The standard InChI is InChI=1S/C15H25NO/c1-5-12(4)13-6-8-14(9-7-13)16-15(10-17)11(2)3/h6-9,11-12,15-17H,5,10H2,1-4H3. The van der Waals surface area contributed by atoms with Crippen LogP contribution < -0.4 is 5.32 Å². The summed E-state index contributed by atoms with van der Waals surface area (Å²) in [6, 6.07) is 8.68. The summed E-state index contributed by atoms with van der Waals surface area (Å²) in [4.78, 5) is 0. The van der Waals surface area contributed by atoms with Crippen LogP contribution in [0, 0.1) is 5.92 Å². The quantitative estimate of drug-likeness (QED) is 0.789. The van der Waals surface area contributed by atoms with Crippen molar-refractivity contribution >= 4 is 5.69 Å². The minimum absolute atomic E-state index is 0.129. The Morgan fingerprint density at radius 2 is 1.71 bits per heavy atom. The molecule has 96 valence electrons. The minimum atomic E-state index is 0.129. The second-order valence-corrected chi connectivity index (χ2v) is 5.11. The van der Waals surface area contributed by atoms with Crippen molar-refractivity contribution in [1.29, 1.82) is 0 Å². The lowest BCUT2D eigenvalue weighted by molar-refractivity contribution is 0.249. The highest BCUT2D eigenvalue weighted by Gasteiger charge is 2.11. The first-order valence-corrected chi connectivity index (χ1v) is 6.55. The van der Waals surface area contributed by atoms with Crippen molar-refractivity contribution in [2.75, 3.05) is 11.9 Å². The van der Waals surface area contributed by atoms with E-state index in [-0.39, 0.29) is 12.6 Å². The Labute approximate surface area is 105 Å². The van der Waals surface area contributed by atoms with E-state index in [1.165, 1.54) is 5.56 Å². The zero-order valence-corrected chi connectivity index (χ0v) is 11.4. The molecule has 0 spiro atoms. The predicted octanol–water partition coefficient (Wildman–Crippen LogP) is 3.63. The molecule has 2 atom stereocenters. The number of benzene rings is 1. The molecule has 17 heavy (non-hydrogen) atoms. The number of aliphatic hydroxyl groups is 1. The Kier molecular flexibility index (Phi) is 5.49. The highest BCUT2D eigenvalue weighted by Crippen LogP contribution is 2.21. The molecular weight excluding hydrogens is 210 g/mol. The van der Waals surface area contributed by atoms with Gasteiger partial charge in [-0.3, -0.25) is 0 Å². The number of rotatable bonds is 6. The molecule has 1 aromatic rings. The van der Waals surface area contributed by atoms with Crippen molar-refractivity contribution in [2.24, 2.45) is 5.92 Å². The number of aliphatic hydroxyl groups excluding tert-OH is 1. The highest BCUT2D eigenvalue weighted by atomic mass is 16.3. The van der Waals surface area contributed by atoms with Crippen molar-refractivity contribution in [3.05, 3.63) is 29.8 Å². The third kappa shape index (κ3) is 4.04. The first-order chi connectivity index (χ1) is 8.08. The van der Waals surface area contributed by atoms with Crippen molar-refractivity contribution in [2.45, 2.75) is 46.1 Å². The molecule has 2 heteroatoms.